The van der Waals surface area contributed by atoms with Gasteiger partial charge in [0.1, 0.15) is 0 Å². The largest absolute Gasteiger partial charge is 0.493 e. The molecule has 0 bridgehead atoms. The fraction of sp³-hybridized carbons (Fsp3) is 0.133. The summed E-state index contributed by atoms with van der Waals surface area (Å²) in [6.07, 6.45) is 0. The monoisotopic (exact) mass is 302 g/mol. The predicted molar refractivity (Wildman–Crippen MR) is 83.3 cm³/mol. The fourth-order valence-corrected chi connectivity index (χ4v) is 2.98. The minimum absolute atomic E-state index is 0.189. The molecule has 108 valence electrons. The lowest BCUT2D eigenvalue weighted by Crippen LogP contribution is -2.32. The van der Waals surface area contributed by atoms with Crippen molar-refractivity contribution >= 4 is 29.4 Å². The van der Waals surface area contributed by atoms with Gasteiger partial charge in [-0.1, -0.05) is 12.1 Å². The first-order chi connectivity index (χ1) is 10.2. The Morgan fingerprint density at radius 1 is 1.05 bits per heavy atom. The average Bonchev–Trinajstić information content (AvgIpc) is 2.53. The zero-order valence-corrected chi connectivity index (χ0v) is 12.4. The molecule has 3 rings (SSSR count). The number of hydrogen-bond acceptors (Lipinski definition) is 4. The molecule has 0 saturated heterocycles. The van der Waals surface area contributed by atoms with E-state index in [1.807, 2.05) is 30.3 Å². The molecule has 1 aliphatic rings. The number of para-hydroxylation sites is 1. The molecule has 5 nitrogen and oxygen atoms in total. The summed E-state index contributed by atoms with van der Waals surface area (Å²) in [4.78, 5) is 13.2. The van der Waals surface area contributed by atoms with Crippen molar-refractivity contribution in [1.82, 2.24) is 0 Å². The summed E-state index contributed by atoms with van der Waals surface area (Å²) < 4.78 is 12.1. The SMILES string of the molecule is COc1ccc(N2Sc3ccccc3NC2=O)cc1OC. The predicted octanol–water partition coefficient (Wildman–Crippen LogP) is 3.76. The van der Waals surface area contributed by atoms with Crippen LogP contribution in [0.3, 0.4) is 0 Å². The van der Waals surface area contributed by atoms with Gasteiger partial charge in [-0.2, -0.15) is 0 Å². The Labute approximate surface area is 127 Å². The van der Waals surface area contributed by atoms with Crippen LogP contribution >= 0.6 is 11.9 Å². The summed E-state index contributed by atoms with van der Waals surface area (Å²) in [5.74, 6) is 1.21. The standard InChI is InChI=1S/C15H14N2O3S/c1-19-12-8-7-10(9-13(12)20-2)17-15(18)16-11-5-3-4-6-14(11)21-17/h3-9H,1-2H3,(H,16,18). The summed E-state index contributed by atoms with van der Waals surface area (Å²) >= 11 is 1.38. The molecule has 1 aliphatic heterocycles. The molecule has 2 amide bonds. The Kier molecular flexibility index (Phi) is 3.62. The normalized spacial score (nSPS) is 13.4. The van der Waals surface area contributed by atoms with Crippen LogP contribution in [-0.4, -0.2) is 20.3 Å². The summed E-state index contributed by atoms with van der Waals surface area (Å²) in [5.41, 5.74) is 1.55. The topological polar surface area (TPSA) is 50.8 Å². The van der Waals surface area contributed by atoms with Gasteiger partial charge in [-0.3, -0.25) is 0 Å². The molecule has 21 heavy (non-hydrogen) atoms. The van der Waals surface area contributed by atoms with Crippen molar-refractivity contribution in [2.45, 2.75) is 4.90 Å². The van der Waals surface area contributed by atoms with Gasteiger partial charge in [-0.25, -0.2) is 9.10 Å². The number of fused-ring (bicyclic) bond motifs is 1. The number of methoxy groups -OCH3 is 2. The van der Waals surface area contributed by atoms with Crippen LogP contribution in [0.25, 0.3) is 0 Å². The smallest absolute Gasteiger partial charge is 0.336 e. The Balaban J connectivity index is 1.96. The van der Waals surface area contributed by atoms with Crippen molar-refractivity contribution in [3.8, 4) is 11.5 Å². The molecule has 0 spiro atoms. The molecular formula is C15H14N2O3S. The van der Waals surface area contributed by atoms with Gasteiger partial charge in [0.2, 0.25) is 0 Å². The maximum atomic E-state index is 12.2. The van der Waals surface area contributed by atoms with Crippen LogP contribution in [0.2, 0.25) is 0 Å². The van der Waals surface area contributed by atoms with Gasteiger partial charge in [0.05, 0.1) is 30.5 Å². The van der Waals surface area contributed by atoms with Gasteiger partial charge < -0.3 is 14.8 Å². The fourth-order valence-electron chi connectivity index (χ4n) is 2.08. The molecule has 1 N–H and O–H groups in total. The zero-order valence-electron chi connectivity index (χ0n) is 11.6. The van der Waals surface area contributed by atoms with E-state index in [9.17, 15) is 4.79 Å². The Morgan fingerprint density at radius 2 is 1.81 bits per heavy atom. The summed E-state index contributed by atoms with van der Waals surface area (Å²) in [7, 11) is 3.15. The highest BCUT2D eigenvalue weighted by molar-refractivity contribution is 8.01. The van der Waals surface area contributed by atoms with E-state index in [-0.39, 0.29) is 6.03 Å². The highest BCUT2D eigenvalue weighted by Gasteiger charge is 2.25. The average molecular weight is 302 g/mol. The van der Waals surface area contributed by atoms with Crippen molar-refractivity contribution in [2.24, 2.45) is 0 Å². The van der Waals surface area contributed by atoms with Crippen LogP contribution < -0.4 is 19.1 Å². The number of hydrogen-bond donors (Lipinski definition) is 1. The van der Waals surface area contributed by atoms with Crippen LogP contribution in [0.5, 0.6) is 11.5 Å². The van der Waals surface area contributed by atoms with E-state index < -0.39 is 0 Å². The van der Waals surface area contributed by atoms with E-state index in [2.05, 4.69) is 5.32 Å². The quantitative estimate of drug-likeness (QED) is 0.877. The second kappa shape index (κ2) is 5.57. The molecule has 2 aromatic carbocycles. The molecule has 0 aliphatic carbocycles. The number of carbonyl (C=O) groups is 1. The number of anilines is 2. The molecule has 6 heteroatoms. The third-order valence-electron chi connectivity index (χ3n) is 3.10. The highest BCUT2D eigenvalue weighted by atomic mass is 32.2. The number of ether oxygens (including phenoxy) is 2. The van der Waals surface area contributed by atoms with E-state index in [0.717, 1.165) is 16.3 Å². The molecular weight excluding hydrogens is 288 g/mol. The van der Waals surface area contributed by atoms with Gasteiger partial charge >= 0.3 is 6.03 Å². The van der Waals surface area contributed by atoms with Gasteiger partial charge in [0.15, 0.2) is 11.5 Å². The second-order valence-electron chi connectivity index (χ2n) is 4.35. The zero-order chi connectivity index (χ0) is 14.8. The number of urea groups is 1. The molecule has 1 heterocycles. The second-order valence-corrected chi connectivity index (χ2v) is 5.34. The third kappa shape index (κ3) is 2.50. The first-order valence-electron chi connectivity index (χ1n) is 6.33. The molecule has 0 saturated carbocycles. The molecule has 0 radical (unpaired) electrons. The number of nitrogens with one attached hydrogen (secondary N) is 1. The Hall–Kier alpha value is -2.34. The lowest BCUT2D eigenvalue weighted by atomic mass is 10.2. The van der Waals surface area contributed by atoms with Crippen molar-refractivity contribution in [1.29, 1.82) is 0 Å². The first kappa shape index (κ1) is 13.6. The Morgan fingerprint density at radius 3 is 2.57 bits per heavy atom. The van der Waals surface area contributed by atoms with Crippen molar-refractivity contribution < 1.29 is 14.3 Å². The van der Waals surface area contributed by atoms with Gasteiger partial charge in [0.25, 0.3) is 0 Å². The lowest BCUT2D eigenvalue weighted by Gasteiger charge is -2.28. The van der Waals surface area contributed by atoms with Crippen LogP contribution in [0.15, 0.2) is 47.4 Å². The number of rotatable bonds is 3. The highest BCUT2D eigenvalue weighted by Crippen LogP contribution is 2.40. The number of nitrogens with zero attached hydrogens (tertiary/aromatic N) is 1. The van der Waals surface area contributed by atoms with Crippen LogP contribution in [0.4, 0.5) is 16.2 Å². The molecule has 0 fully saturated rings. The van der Waals surface area contributed by atoms with Crippen LogP contribution in [0, 0.1) is 0 Å². The van der Waals surface area contributed by atoms with Crippen molar-refractivity contribution in [3.63, 3.8) is 0 Å². The number of amides is 2. The van der Waals surface area contributed by atoms with Crippen molar-refractivity contribution in [2.75, 3.05) is 23.8 Å². The number of benzene rings is 2. The van der Waals surface area contributed by atoms with Crippen molar-refractivity contribution in [3.05, 3.63) is 42.5 Å². The van der Waals surface area contributed by atoms with Crippen LogP contribution in [-0.2, 0) is 0 Å². The molecule has 0 aromatic heterocycles. The lowest BCUT2D eigenvalue weighted by molar-refractivity contribution is 0.260. The molecule has 2 aromatic rings. The minimum atomic E-state index is -0.189. The summed E-state index contributed by atoms with van der Waals surface area (Å²) in [5, 5.41) is 2.87. The van der Waals surface area contributed by atoms with E-state index in [4.69, 9.17) is 9.47 Å². The van der Waals surface area contributed by atoms with Crippen LogP contribution in [0.1, 0.15) is 0 Å². The van der Waals surface area contributed by atoms with E-state index in [1.165, 1.54) is 11.9 Å². The molecule has 0 atom stereocenters. The minimum Gasteiger partial charge on any atom is -0.493 e. The molecule has 0 unspecified atom stereocenters. The van der Waals surface area contributed by atoms with Gasteiger partial charge in [0, 0.05) is 6.07 Å². The van der Waals surface area contributed by atoms with E-state index in [1.54, 1.807) is 30.7 Å². The van der Waals surface area contributed by atoms with E-state index >= 15 is 0 Å². The maximum Gasteiger partial charge on any atom is 0.336 e. The number of carbonyl (C=O) groups excluding carboxylic acids is 1. The Bertz CT molecular complexity index is 690. The van der Waals surface area contributed by atoms with E-state index in [0.29, 0.717) is 11.5 Å². The van der Waals surface area contributed by atoms with Gasteiger partial charge in [-0.15, -0.1) is 0 Å². The summed E-state index contributed by atoms with van der Waals surface area (Å²) in [6, 6.07) is 12.9. The summed E-state index contributed by atoms with van der Waals surface area (Å²) in [6.45, 7) is 0. The maximum absolute atomic E-state index is 12.2. The third-order valence-corrected chi connectivity index (χ3v) is 4.22. The first-order valence-corrected chi connectivity index (χ1v) is 7.10. The van der Waals surface area contributed by atoms with Gasteiger partial charge in [-0.05, 0) is 36.2 Å².